The summed E-state index contributed by atoms with van der Waals surface area (Å²) in [5.41, 5.74) is -0.784. The van der Waals surface area contributed by atoms with Crippen LogP contribution < -0.4 is 5.43 Å². The molecule has 0 saturated carbocycles. The van der Waals surface area contributed by atoms with Crippen molar-refractivity contribution in [2.24, 2.45) is 0 Å². The Kier molecular flexibility index (Phi) is 2.38. The lowest BCUT2D eigenvalue weighted by Gasteiger charge is -2.11. The molecule has 0 aliphatic heterocycles. The summed E-state index contributed by atoms with van der Waals surface area (Å²) in [7, 11) is 0. The highest BCUT2D eigenvalue weighted by Gasteiger charge is 2.33. The molecule has 0 spiro atoms. The minimum absolute atomic E-state index is 0.0741. The van der Waals surface area contributed by atoms with E-state index in [0.717, 1.165) is 12.1 Å². The normalized spacial score (nSPS) is 12.2. The largest absolute Gasteiger partial charge is 0.417 e. The summed E-state index contributed by atoms with van der Waals surface area (Å²) in [6.07, 6.45) is -2.89. The van der Waals surface area contributed by atoms with Crippen LogP contribution in [0.25, 0.3) is 21.7 Å². The third kappa shape index (κ3) is 1.78. The molecule has 1 heterocycles. The number of pyridine rings is 1. The van der Waals surface area contributed by atoms with E-state index in [1.807, 2.05) is 0 Å². The fraction of sp³-hybridized carbons (Fsp3) is 0.0714. The van der Waals surface area contributed by atoms with Gasteiger partial charge in [0.1, 0.15) is 0 Å². The zero-order valence-electron chi connectivity index (χ0n) is 9.58. The highest BCUT2D eigenvalue weighted by Crippen LogP contribution is 2.35. The van der Waals surface area contributed by atoms with Crippen molar-refractivity contribution < 1.29 is 13.2 Å². The van der Waals surface area contributed by atoms with Crippen molar-refractivity contribution in [3.63, 3.8) is 0 Å². The van der Waals surface area contributed by atoms with E-state index in [0.29, 0.717) is 10.9 Å². The third-order valence-corrected chi connectivity index (χ3v) is 3.08. The lowest BCUT2D eigenvalue weighted by Crippen LogP contribution is -2.10. The van der Waals surface area contributed by atoms with Gasteiger partial charge in [0, 0.05) is 6.20 Å². The first-order valence-electron chi connectivity index (χ1n) is 5.59. The van der Waals surface area contributed by atoms with Crippen LogP contribution in [0.15, 0.2) is 47.4 Å². The number of aromatic amines is 1. The summed E-state index contributed by atoms with van der Waals surface area (Å²) in [4.78, 5) is 14.7. The number of aromatic nitrogens is 1. The first-order valence-corrected chi connectivity index (χ1v) is 5.59. The Hall–Kier alpha value is -2.30. The molecule has 0 unspecified atom stereocenters. The van der Waals surface area contributed by atoms with Crippen LogP contribution in [-0.2, 0) is 6.18 Å². The van der Waals surface area contributed by atoms with Gasteiger partial charge in [-0.05, 0) is 29.0 Å². The van der Waals surface area contributed by atoms with Crippen molar-refractivity contribution in [2.45, 2.75) is 6.18 Å². The van der Waals surface area contributed by atoms with Gasteiger partial charge in [-0.1, -0.05) is 18.2 Å². The first kappa shape index (κ1) is 11.8. The van der Waals surface area contributed by atoms with E-state index < -0.39 is 17.2 Å². The molecule has 3 aromatic rings. The molecule has 0 fully saturated rings. The Bertz CT molecular complexity index is 833. The monoisotopic (exact) mass is 263 g/mol. The maximum Gasteiger partial charge on any atom is 0.417 e. The van der Waals surface area contributed by atoms with Crippen molar-refractivity contribution in [1.82, 2.24) is 4.98 Å². The maximum atomic E-state index is 12.9. The number of rotatable bonds is 0. The van der Waals surface area contributed by atoms with Gasteiger partial charge in [0.05, 0.1) is 16.5 Å². The van der Waals surface area contributed by atoms with Gasteiger partial charge in [-0.3, -0.25) is 4.79 Å². The second-order valence-corrected chi connectivity index (χ2v) is 4.23. The van der Waals surface area contributed by atoms with Crippen LogP contribution in [0.1, 0.15) is 5.56 Å². The average Bonchev–Trinajstić information content (AvgIpc) is 2.37. The predicted molar refractivity (Wildman–Crippen MR) is 67.1 cm³/mol. The number of alkyl halides is 3. The molecule has 0 atom stereocenters. The summed E-state index contributed by atoms with van der Waals surface area (Å²) in [5, 5.41) is 0.703. The van der Waals surface area contributed by atoms with Gasteiger partial charge >= 0.3 is 6.18 Å². The molecule has 96 valence electrons. The Labute approximate surface area is 105 Å². The molecule has 0 aliphatic carbocycles. The molecule has 19 heavy (non-hydrogen) atoms. The van der Waals surface area contributed by atoms with Crippen LogP contribution in [0.3, 0.4) is 0 Å². The first-order chi connectivity index (χ1) is 8.98. The van der Waals surface area contributed by atoms with Gasteiger partial charge in [0.2, 0.25) is 0 Å². The SMILES string of the molecule is O=c1ccc(C(F)(F)F)c2ccc3ccc[nH]c3c12. The number of benzene rings is 2. The number of nitrogens with one attached hydrogen (secondary N) is 1. The van der Waals surface area contributed by atoms with E-state index in [4.69, 9.17) is 0 Å². The lowest BCUT2D eigenvalue weighted by atomic mass is 10.0. The van der Waals surface area contributed by atoms with E-state index >= 15 is 0 Å². The average molecular weight is 263 g/mol. The van der Waals surface area contributed by atoms with Gasteiger partial charge in [-0.25, -0.2) is 0 Å². The van der Waals surface area contributed by atoms with Crippen molar-refractivity contribution in [3.8, 4) is 0 Å². The highest BCUT2D eigenvalue weighted by atomic mass is 19.4. The topological polar surface area (TPSA) is 32.9 Å². The molecular formula is C14H8F3NO. The lowest BCUT2D eigenvalue weighted by molar-refractivity contribution is -0.136. The number of hydrogen-bond acceptors (Lipinski definition) is 1. The summed E-state index contributed by atoms with van der Waals surface area (Å²) < 4.78 is 38.8. The molecular weight excluding hydrogens is 255 g/mol. The molecule has 0 aliphatic rings. The Balaban J connectivity index is 2.58. The molecule has 0 amide bonds. The summed E-state index contributed by atoms with van der Waals surface area (Å²) in [5.74, 6) is 0. The number of hydrogen-bond donors (Lipinski definition) is 1. The van der Waals surface area contributed by atoms with Crippen LogP contribution >= 0.6 is 0 Å². The van der Waals surface area contributed by atoms with E-state index in [2.05, 4.69) is 4.98 Å². The number of halogens is 3. The number of H-pyrrole nitrogens is 1. The van der Waals surface area contributed by atoms with Gasteiger partial charge in [-0.2, -0.15) is 13.2 Å². The van der Waals surface area contributed by atoms with Crippen molar-refractivity contribution >= 4 is 21.7 Å². The molecule has 0 radical (unpaired) electrons. The molecule has 1 N–H and O–H groups in total. The molecule has 2 nitrogen and oxygen atoms in total. The van der Waals surface area contributed by atoms with Gasteiger partial charge in [-0.15, -0.1) is 0 Å². The minimum Gasteiger partial charge on any atom is -0.361 e. The highest BCUT2D eigenvalue weighted by molar-refractivity contribution is 6.06. The van der Waals surface area contributed by atoms with Gasteiger partial charge in [0.25, 0.3) is 0 Å². The zero-order chi connectivity index (χ0) is 13.6. The molecule has 2 aromatic carbocycles. The van der Waals surface area contributed by atoms with Crippen LogP contribution in [-0.4, -0.2) is 4.98 Å². The van der Waals surface area contributed by atoms with Gasteiger partial charge < -0.3 is 4.98 Å². The third-order valence-electron chi connectivity index (χ3n) is 3.08. The van der Waals surface area contributed by atoms with E-state index in [1.54, 1.807) is 24.4 Å². The van der Waals surface area contributed by atoms with Crippen LogP contribution in [0.4, 0.5) is 13.2 Å². The quantitative estimate of drug-likeness (QED) is 0.616. The second-order valence-electron chi connectivity index (χ2n) is 4.23. The number of fused-ring (bicyclic) bond motifs is 3. The predicted octanol–water partition coefficient (Wildman–Crippen LogP) is 3.70. The van der Waals surface area contributed by atoms with Crippen LogP contribution in [0.5, 0.6) is 0 Å². The Morgan fingerprint density at radius 2 is 1.79 bits per heavy atom. The van der Waals surface area contributed by atoms with Crippen LogP contribution in [0, 0.1) is 0 Å². The fourth-order valence-electron chi connectivity index (χ4n) is 2.26. The molecule has 1 aromatic heterocycles. The van der Waals surface area contributed by atoms with Crippen LogP contribution in [0.2, 0.25) is 0 Å². The minimum atomic E-state index is -4.48. The standard InChI is InChI=1S/C14H8F3NO/c15-14(16,17)10-5-6-11(19)12-9(10)4-3-8-2-1-7-18-13(8)12/h1-7,18H. The van der Waals surface area contributed by atoms with Crippen molar-refractivity contribution in [2.75, 3.05) is 0 Å². The molecule has 0 bridgehead atoms. The van der Waals surface area contributed by atoms with E-state index in [1.165, 1.54) is 6.07 Å². The van der Waals surface area contributed by atoms with Crippen molar-refractivity contribution in [1.29, 1.82) is 0 Å². The maximum absolute atomic E-state index is 12.9. The molecule has 3 rings (SSSR count). The second kappa shape index (κ2) is 3.85. The summed E-state index contributed by atoms with van der Waals surface area (Å²) in [6.45, 7) is 0. The molecule has 5 heteroatoms. The fourth-order valence-corrected chi connectivity index (χ4v) is 2.26. The summed E-state index contributed by atoms with van der Waals surface area (Å²) >= 11 is 0. The smallest absolute Gasteiger partial charge is 0.361 e. The Morgan fingerprint density at radius 1 is 1.00 bits per heavy atom. The molecule has 0 saturated heterocycles. The summed E-state index contributed by atoms with van der Waals surface area (Å²) in [6, 6.07) is 8.18. The Morgan fingerprint density at radius 3 is 2.53 bits per heavy atom. The zero-order valence-corrected chi connectivity index (χ0v) is 9.58. The van der Waals surface area contributed by atoms with Crippen molar-refractivity contribution in [3.05, 3.63) is 58.4 Å². The van der Waals surface area contributed by atoms with Gasteiger partial charge in [0.15, 0.2) is 5.43 Å². The van der Waals surface area contributed by atoms with E-state index in [9.17, 15) is 18.0 Å². The van der Waals surface area contributed by atoms with E-state index in [-0.39, 0.29) is 10.8 Å².